The molecule has 0 saturated carbocycles. The van der Waals surface area contributed by atoms with Crippen molar-refractivity contribution >= 4 is 11.6 Å². The molecule has 2 rings (SSSR count). The summed E-state index contributed by atoms with van der Waals surface area (Å²) < 4.78 is 27.5. The van der Waals surface area contributed by atoms with Gasteiger partial charge in [-0.2, -0.15) is 0 Å². The fourth-order valence-corrected chi connectivity index (χ4v) is 1.20. The molecule has 0 bridgehead atoms. The van der Waals surface area contributed by atoms with E-state index in [1.807, 2.05) is 0 Å². The molecule has 8 heteroatoms. The van der Waals surface area contributed by atoms with Crippen LogP contribution in [0.3, 0.4) is 0 Å². The molecule has 6 nitrogen and oxygen atoms in total. The molecule has 1 aromatic heterocycles. The minimum atomic E-state index is -0.838. The maximum atomic E-state index is 13.2. The summed E-state index contributed by atoms with van der Waals surface area (Å²) in [7, 11) is 0. The van der Waals surface area contributed by atoms with E-state index in [9.17, 15) is 13.6 Å². The van der Waals surface area contributed by atoms with Crippen LogP contribution in [0.4, 0.5) is 14.5 Å². The molecule has 1 heterocycles. The molecule has 0 fully saturated rings. The molecule has 2 aromatic rings. The van der Waals surface area contributed by atoms with E-state index in [0.717, 1.165) is 16.8 Å². The number of halogens is 2. The van der Waals surface area contributed by atoms with Gasteiger partial charge in [0.05, 0.1) is 0 Å². The molecule has 17 heavy (non-hydrogen) atoms. The number of carbonyl (C=O) groups excluding carboxylic acids is 1. The van der Waals surface area contributed by atoms with Crippen LogP contribution >= 0.6 is 0 Å². The van der Waals surface area contributed by atoms with Crippen molar-refractivity contribution in [2.24, 2.45) is 0 Å². The predicted molar refractivity (Wildman–Crippen MR) is 52.8 cm³/mol. The maximum absolute atomic E-state index is 13.2. The highest BCUT2D eigenvalue weighted by atomic mass is 19.1. The molecule has 1 amide bonds. The number of rotatable bonds is 3. The van der Waals surface area contributed by atoms with E-state index in [-0.39, 0.29) is 6.54 Å². The van der Waals surface area contributed by atoms with E-state index in [0.29, 0.717) is 0 Å². The van der Waals surface area contributed by atoms with E-state index in [1.54, 1.807) is 0 Å². The summed E-state index contributed by atoms with van der Waals surface area (Å²) >= 11 is 0. The summed E-state index contributed by atoms with van der Waals surface area (Å²) in [6, 6.07) is 3.31. The van der Waals surface area contributed by atoms with Gasteiger partial charge >= 0.3 is 0 Å². The SMILES string of the molecule is O=C(Cn1cnnn1)Nc1c(F)cccc1F. The molecule has 0 aliphatic heterocycles. The van der Waals surface area contributed by atoms with Gasteiger partial charge in [-0.25, -0.2) is 13.5 Å². The number of nitrogens with one attached hydrogen (secondary N) is 1. The molecule has 0 unspecified atom stereocenters. The van der Waals surface area contributed by atoms with Crippen molar-refractivity contribution in [1.29, 1.82) is 0 Å². The van der Waals surface area contributed by atoms with Crippen molar-refractivity contribution in [3.8, 4) is 0 Å². The lowest BCUT2D eigenvalue weighted by atomic mass is 10.3. The molecule has 1 N–H and O–H groups in total. The van der Waals surface area contributed by atoms with E-state index in [1.165, 1.54) is 12.4 Å². The first-order chi connectivity index (χ1) is 8.16. The standard InChI is InChI=1S/C9H7F2N5O/c10-6-2-1-3-7(11)9(6)13-8(17)4-16-5-12-14-15-16/h1-3,5H,4H2,(H,13,17). The zero-order chi connectivity index (χ0) is 12.3. The van der Waals surface area contributed by atoms with E-state index >= 15 is 0 Å². The minimum absolute atomic E-state index is 0.221. The van der Waals surface area contributed by atoms with Crippen LogP contribution in [0.15, 0.2) is 24.5 Å². The van der Waals surface area contributed by atoms with E-state index < -0.39 is 23.2 Å². The number of carbonyl (C=O) groups is 1. The average Bonchev–Trinajstić information content (AvgIpc) is 2.76. The number of tetrazole rings is 1. The fourth-order valence-electron chi connectivity index (χ4n) is 1.20. The number of aromatic nitrogens is 4. The zero-order valence-electron chi connectivity index (χ0n) is 8.47. The second kappa shape index (κ2) is 4.64. The molecule has 0 saturated heterocycles. The first-order valence-corrected chi connectivity index (χ1v) is 4.61. The first kappa shape index (κ1) is 11.1. The van der Waals surface area contributed by atoms with Crippen molar-refractivity contribution in [2.75, 3.05) is 5.32 Å². The molecule has 0 radical (unpaired) electrons. The van der Waals surface area contributed by atoms with Crippen molar-refractivity contribution in [3.63, 3.8) is 0 Å². The van der Waals surface area contributed by atoms with Gasteiger partial charge in [0.1, 0.15) is 30.2 Å². The van der Waals surface area contributed by atoms with Crippen LogP contribution in [0, 0.1) is 11.6 Å². The average molecular weight is 239 g/mol. The summed E-state index contributed by atoms with van der Waals surface area (Å²) in [4.78, 5) is 11.4. The highest BCUT2D eigenvalue weighted by Crippen LogP contribution is 2.17. The Bertz CT molecular complexity index is 508. The van der Waals surface area contributed by atoms with Crippen LogP contribution in [0.25, 0.3) is 0 Å². The maximum Gasteiger partial charge on any atom is 0.246 e. The molecular formula is C9H7F2N5O. The quantitative estimate of drug-likeness (QED) is 0.850. The Morgan fingerprint density at radius 1 is 1.35 bits per heavy atom. The Hall–Kier alpha value is -2.38. The van der Waals surface area contributed by atoms with Crippen LogP contribution in [0.5, 0.6) is 0 Å². The summed E-state index contributed by atoms with van der Waals surface area (Å²) in [5.41, 5.74) is -0.481. The number of para-hydroxylation sites is 1. The second-order valence-corrected chi connectivity index (χ2v) is 3.15. The lowest BCUT2D eigenvalue weighted by Crippen LogP contribution is -2.20. The van der Waals surface area contributed by atoms with Crippen LogP contribution in [-0.4, -0.2) is 26.1 Å². The second-order valence-electron chi connectivity index (χ2n) is 3.15. The van der Waals surface area contributed by atoms with Gasteiger partial charge in [0.15, 0.2) is 0 Å². The molecular weight excluding hydrogens is 232 g/mol. The largest absolute Gasteiger partial charge is 0.320 e. The summed E-state index contributed by atoms with van der Waals surface area (Å²) in [5, 5.41) is 12.2. The van der Waals surface area contributed by atoms with Gasteiger partial charge in [0.25, 0.3) is 0 Å². The van der Waals surface area contributed by atoms with Crippen molar-refractivity contribution in [3.05, 3.63) is 36.2 Å². The van der Waals surface area contributed by atoms with Gasteiger partial charge in [0, 0.05) is 0 Å². The molecule has 88 valence electrons. The summed E-state index contributed by atoms with van der Waals surface area (Å²) in [6.07, 6.45) is 1.22. The third-order valence-corrected chi connectivity index (χ3v) is 1.92. The number of amides is 1. The highest BCUT2D eigenvalue weighted by molar-refractivity contribution is 5.90. The van der Waals surface area contributed by atoms with Crippen LogP contribution in [0.1, 0.15) is 0 Å². The Labute approximate surface area is 94.2 Å². The number of nitrogens with zero attached hydrogens (tertiary/aromatic N) is 4. The van der Waals surface area contributed by atoms with Gasteiger partial charge < -0.3 is 5.32 Å². The third-order valence-electron chi connectivity index (χ3n) is 1.92. The van der Waals surface area contributed by atoms with Crippen LogP contribution < -0.4 is 5.32 Å². The normalized spacial score (nSPS) is 10.2. The predicted octanol–water partition coefficient (Wildman–Crippen LogP) is 0.590. The Balaban J connectivity index is 2.08. The Morgan fingerprint density at radius 3 is 2.65 bits per heavy atom. The lowest BCUT2D eigenvalue weighted by molar-refractivity contribution is -0.117. The topological polar surface area (TPSA) is 72.7 Å². The third kappa shape index (κ3) is 2.60. The number of hydrogen-bond acceptors (Lipinski definition) is 4. The van der Waals surface area contributed by atoms with Crippen LogP contribution in [0.2, 0.25) is 0 Å². The van der Waals surface area contributed by atoms with Gasteiger partial charge in [0.2, 0.25) is 5.91 Å². The fraction of sp³-hybridized carbons (Fsp3) is 0.111. The van der Waals surface area contributed by atoms with Gasteiger partial charge in [-0.1, -0.05) is 6.07 Å². The summed E-state index contributed by atoms with van der Waals surface area (Å²) in [5.74, 6) is -2.30. The number of benzene rings is 1. The van der Waals surface area contributed by atoms with Gasteiger partial charge in [-0.15, -0.1) is 5.10 Å². The molecule has 0 spiro atoms. The smallest absolute Gasteiger partial charge is 0.246 e. The zero-order valence-corrected chi connectivity index (χ0v) is 8.47. The van der Waals surface area contributed by atoms with Crippen molar-refractivity contribution in [1.82, 2.24) is 20.2 Å². The molecule has 0 atom stereocenters. The molecule has 0 aliphatic rings. The Morgan fingerprint density at radius 2 is 2.06 bits per heavy atom. The van der Waals surface area contributed by atoms with Crippen LogP contribution in [-0.2, 0) is 11.3 Å². The van der Waals surface area contributed by atoms with E-state index in [4.69, 9.17) is 0 Å². The van der Waals surface area contributed by atoms with Crippen molar-refractivity contribution in [2.45, 2.75) is 6.54 Å². The number of hydrogen-bond donors (Lipinski definition) is 1. The molecule has 1 aromatic carbocycles. The van der Waals surface area contributed by atoms with Gasteiger partial charge in [-0.3, -0.25) is 4.79 Å². The Kier molecular flexibility index (Phi) is 3.03. The highest BCUT2D eigenvalue weighted by Gasteiger charge is 2.12. The summed E-state index contributed by atoms with van der Waals surface area (Å²) in [6.45, 7) is -0.221. The van der Waals surface area contributed by atoms with Gasteiger partial charge in [-0.05, 0) is 22.6 Å². The monoisotopic (exact) mass is 239 g/mol. The first-order valence-electron chi connectivity index (χ1n) is 4.61. The minimum Gasteiger partial charge on any atom is -0.320 e. The van der Waals surface area contributed by atoms with Crippen molar-refractivity contribution < 1.29 is 13.6 Å². The number of anilines is 1. The molecule has 0 aliphatic carbocycles. The van der Waals surface area contributed by atoms with E-state index in [2.05, 4.69) is 20.8 Å². The lowest BCUT2D eigenvalue weighted by Gasteiger charge is -2.06.